The van der Waals surface area contributed by atoms with E-state index in [0.29, 0.717) is 6.42 Å². The fraction of sp³-hybridized carbons (Fsp3) is 0.182. The molecule has 1 rings (SSSR count). The summed E-state index contributed by atoms with van der Waals surface area (Å²) in [5.41, 5.74) is 2.07. The van der Waals surface area contributed by atoms with Crippen LogP contribution in [0.3, 0.4) is 0 Å². The molecule has 1 aromatic carbocycles. The second-order valence-electron chi connectivity index (χ2n) is 2.70. The summed E-state index contributed by atoms with van der Waals surface area (Å²) in [6.45, 7) is 4.37. The molecule has 0 fully saturated rings. The van der Waals surface area contributed by atoms with Crippen molar-refractivity contribution in [1.82, 2.24) is 0 Å². The lowest BCUT2D eigenvalue weighted by molar-refractivity contribution is 1.25. The van der Waals surface area contributed by atoms with E-state index < -0.39 is 0 Å². The second kappa shape index (κ2) is 5.00. The standard InChI is InChI=1S/C11H12N2/c1-2-8-13-11-5-3-4-10(9-11)6-7-12/h2-5,9,13H,1,6,8H2. The maximum absolute atomic E-state index is 8.50. The maximum Gasteiger partial charge on any atom is 0.0669 e. The van der Waals surface area contributed by atoms with Gasteiger partial charge in [-0.2, -0.15) is 5.26 Å². The molecule has 66 valence electrons. The molecule has 1 N–H and O–H groups in total. The van der Waals surface area contributed by atoms with Crippen LogP contribution in [0.2, 0.25) is 0 Å². The summed E-state index contributed by atoms with van der Waals surface area (Å²) >= 11 is 0. The summed E-state index contributed by atoms with van der Waals surface area (Å²) in [5, 5.41) is 11.7. The predicted octanol–water partition coefficient (Wildman–Crippen LogP) is 2.35. The molecule has 0 aromatic heterocycles. The van der Waals surface area contributed by atoms with Crippen LogP contribution in [-0.2, 0) is 6.42 Å². The summed E-state index contributed by atoms with van der Waals surface area (Å²) < 4.78 is 0. The van der Waals surface area contributed by atoms with Crippen LogP contribution < -0.4 is 5.32 Å². The summed E-state index contributed by atoms with van der Waals surface area (Å²) in [6, 6.07) is 9.96. The van der Waals surface area contributed by atoms with Crippen LogP contribution in [-0.4, -0.2) is 6.54 Å². The van der Waals surface area contributed by atoms with Crippen LogP contribution in [0.4, 0.5) is 5.69 Å². The smallest absolute Gasteiger partial charge is 0.0669 e. The summed E-state index contributed by atoms with van der Waals surface area (Å²) in [7, 11) is 0. The molecular weight excluding hydrogens is 160 g/mol. The first-order valence-electron chi connectivity index (χ1n) is 4.17. The van der Waals surface area contributed by atoms with Gasteiger partial charge in [0.25, 0.3) is 0 Å². The number of hydrogen-bond donors (Lipinski definition) is 1. The maximum atomic E-state index is 8.50. The van der Waals surface area contributed by atoms with Gasteiger partial charge in [0, 0.05) is 12.2 Å². The van der Waals surface area contributed by atoms with Crippen molar-refractivity contribution in [2.45, 2.75) is 6.42 Å². The van der Waals surface area contributed by atoms with Crippen molar-refractivity contribution in [2.75, 3.05) is 11.9 Å². The van der Waals surface area contributed by atoms with Gasteiger partial charge in [-0.15, -0.1) is 6.58 Å². The van der Waals surface area contributed by atoms with Gasteiger partial charge >= 0.3 is 0 Å². The second-order valence-corrected chi connectivity index (χ2v) is 2.70. The number of anilines is 1. The van der Waals surface area contributed by atoms with Crippen molar-refractivity contribution in [3.05, 3.63) is 42.5 Å². The van der Waals surface area contributed by atoms with Gasteiger partial charge in [-0.3, -0.25) is 0 Å². The Bertz CT molecular complexity index is 323. The Labute approximate surface area is 78.5 Å². The Kier molecular flexibility index (Phi) is 3.59. The number of nitrogens with one attached hydrogen (secondary N) is 1. The molecule has 0 heterocycles. The molecule has 0 saturated carbocycles. The zero-order valence-electron chi connectivity index (χ0n) is 7.46. The third-order valence-corrected chi connectivity index (χ3v) is 1.66. The van der Waals surface area contributed by atoms with E-state index >= 15 is 0 Å². The predicted molar refractivity (Wildman–Crippen MR) is 54.4 cm³/mol. The molecule has 0 unspecified atom stereocenters. The third-order valence-electron chi connectivity index (χ3n) is 1.66. The van der Waals surface area contributed by atoms with Gasteiger partial charge in [-0.05, 0) is 17.7 Å². The van der Waals surface area contributed by atoms with Gasteiger partial charge in [-0.1, -0.05) is 18.2 Å². The first-order valence-corrected chi connectivity index (χ1v) is 4.17. The molecule has 0 atom stereocenters. The van der Waals surface area contributed by atoms with Crippen LogP contribution in [0.25, 0.3) is 0 Å². The molecule has 0 aliphatic heterocycles. The van der Waals surface area contributed by atoms with Gasteiger partial charge in [0.1, 0.15) is 0 Å². The van der Waals surface area contributed by atoms with Crippen molar-refractivity contribution >= 4 is 5.69 Å². The van der Waals surface area contributed by atoms with Gasteiger partial charge in [0.05, 0.1) is 12.5 Å². The molecule has 0 bridgehead atoms. The molecule has 0 radical (unpaired) electrons. The minimum absolute atomic E-state index is 0.462. The highest BCUT2D eigenvalue weighted by Crippen LogP contribution is 2.10. The first kappa shape index (κ1) is 9.34. The SMILES string of the molecule is C=CCNc1cccc(CC#N)c1. The molecule has 2 nitrogen and oxygen atoms in total. The molecule has 0 spiro atoms. The van der Waals surface area contributed by atoms with Crippen molar-refractivity contribution < 1.29 is 0 Å². The summed E-state index contributed by atoms with van der Waals surface area (Å²) in [4.78, 5) is 0. The highest BCUT2D eigenvalue weighted by Gasteiger charge is 1.93. The Morgan fingerprint density at radius 2 is 2.38 bits per heavy atom. The quantitative estimate of drug-likeness (QED) is 0.707. The van der Waals surface area contributed by atoms with Crippen LogP contribution in [0.1, 0.15) is 5.56 Å². The topological polar surface area (TPSA) is 35.8 Å². The molecular formula is C11H12N2. The molecule has 0 aliphatic carbocycles. The molecule has 13 heavy (non-hydrogen) atoms. The normalized spacial score (nSPS) is 8.85. The lowest BCUT2D eigenvalue weighted by atomic mass is 10.1. The van der Waals surface area contributed by atoms with Crippen molar-refractivity contribution in [1.29, 1.82) is 5.26 Å². The van der Waals surface area contributed by atoms with Crippen LogP contribution in [0.15, 0.2) is 36.9 Å². The molecule has 0 aliphatic rings. The van der Waals surface area contributed by atoms with E-state index in [2.05, 4.69) is 18.0 Å². The van der Waals surface area contributed by atoms with Gasteiger partial charge in [0.2, 0.25) is 0 Å². The zero-order valence-corrected chi connectivity index (χ0v) is 7.46. The Hall–Kier alpha value is -1.75. The van der Waals surface area contributed by atoms with Crippen LogP contribution in [0, 0.1) is 11.3 Å². The lowest BCUT2D eigenvalue weighted by Gasteiger charge is -2.03. The highest BCUT2D eigenvalue weighted by atomic mass is 14.8. The van der Waals surface area contributed by atoms with E-state index in [-0.39, 0.29) is 0 Å². The van der Waals surface area contributed by atoms with Crippen LogP contribution >= 0.6 is 0 Å². The van der Waals surface area contributed by atoms with Gasteiger partial charge in [-0.25, -0.2) is 0 Å². The third kappa shape index (κ3) is 3.00. The van der Waals surface area contributed by atoms with E-state index in [1.807, 2.05) is 24.3 Å². The minimum atomic E-state index is 0.462. The highest BCUT2D eigenvalue weighted by molar-refractivity contribution is 5.46. The average molecular weight is 172 g/mol. The molecule has 2 heteroatoms. The van der Waals surface area contributed by atoms with Crippen molar-refractivity contribution in [3.8, 4) is 6.07 Å². The van der Waals surface area contributed by atoms with Gasteiger partial charge < -0.3 is 5.32 Å². The van der Waals surface area contributed by atoms with Crippen molar-refractivity contribution in [3.63, 3.8) is 0 Å². The molecule has 0 saturated heterocycles. The molecule has 0 amide bonds. The minimum Gasteiger partial charge on any atom is -0.382 e. The number of nitrogens with zero attached hydrogens (tertiary/aromatic N) is 1. The van der Waals surface area contributed by atoms with E-state index in [1.54, 1.807) is 6.08 Å². The average Bonchev–Trinajstić information content (AvgIpc) is 2.16. The summed E-state index contributed by atoms with van der Waals surface area (Å²) in [6.07, 6.45) is 2.26. The van der Waals surface area contributed by atoms with Crippen LogP contribution in [0.5, 0.6) is 0 Å². The van der Waals surface area contributed by atoms with Gasteiger partial charge in [0.15, 0.2) is 0 Å². The zero-order chi connectivity index (χ0) is 9.52. The number of hydrogen-bond acceptors (Lipinski definition) is 2. The fourth-order valence-electron chi connectivity index (χ4n) is 1.07. The van der Waals surface area contributed by atoms with E-state index in [9.17, 15) is 0 Å². The fourth-order valence-corrected chi connectivity index (χ4v) is 1.07. The number of benzene rings is 1. The van der Waals surface area contributed by atoms with Crippen molar-refractivity contribution in [2.24, 2.45) is 0 Å². The Morgan fingerprint density at radius 1 is 1.54 bits per heavy atom. The Balaban J connectivity index is 2.68. The monoisotopic (exact) mass is 172 g/mol. The largest absolute Gasteiger partial charge is 0.382 e. The number of nitriles is 1. The summed E-state index contributed by atoms with van der Waals surface area (Å²) in [5.74, 6) is 0. The lowest BCUT2D eigenvalue weighted by Crippen LogP contribution is -1.97. The Morgan fingerprint density at radius 3 is 3.08 bits per heavy atom. The first-order chi connectivity index (χ1) is 6.36. The molecule has 1 aromatic rings. The van der Waals surface area contributed by atoms with E-state index in [0.717, 1.165) is 17.8 Å². The van der Waals surface area contributed by atoms with E-state index in [4.69, 9.17) is 5.26 Å². The van der Waals surface area contributed by atoms with E-state index in [1.165, 1.54) is 0 Å². The number of rotatable bonds is 4.